The van der Waals surface area contributed by atoms with Gasteiger partial charge in [0.25, 0.3) is 0 Å². The smallest absolute Gasteiger partial charge is 0.341 e. The fraction of sp³-hybridized carbons (Fsp3) is 0.111. The molecule has 6 nitrogen and oxygen atoms in total. The van der Waals surface area contributed by atoms with Crippen LogP contribution in [-0.2, 0) is 4.79 Å². The first kappa shape index (κ1) is 15.6. The van der Waals surface area contributed by atoms with E-state index in [0.29, 0.717) is 22.8 Å². The second-order valence-electron chi connectivity index (χ2n) is 4.99. The van der Waals surface area contributed by atoms with Crippen molar-refractivity contribution < 1.29 is 28.9 Å². The number of carbonyl (C=O) groups excluding carboxylic acids is 1. The molecule has 0 aromatic heterocycles. The molecule has 0 radical (unpaired) electrons. The molecule has 2 aromatic rings. The number of benzene rings is 2. The monoisotopic (exact) mass is 326 g/mol. The van der Waals surface area contributed by atoms with Crippen molar-refractivity contribution in [3.8, 4) is 17.2 Å². The summed E-state index contributed by atoms with van der Waals surface area (Å²) in [5.74, 6) is 0.279. The van der Waals surface area contributed by atoms with Crippen LogP contribution in [0, 0.1) is 0 Å². The van der Waals surface area contributed by atoms with E-state index in [1.54, 1.807) is 30.3 Å². The Morgan fingerprint density at radius 3 is 2.83 bits per heavy atom. The van der Waals surface area contributed by atoms with Crippen LogP contribution in [0.5, 0.6) is 17.2 Å². The number of rotatable bonds is 6. The zero-order chi connectivity index (χ0) is 16.9. The number of carboxylic acids is 1. The summed E-state index contributed by atoms with van der Waals surface area (Å²) in [5, 5.41) is 8.62. The van der Waals surface area contributed by atoms with Crippen molar-refractivity contribution in [3.05, 3.63) is 59.7 Å². The lowest BCUT2D eigenvalue weighted by Gasteiger charge is -2.04. The van der Waals surface area contributed by atoms with Gasteiger partial charge >= 0.3 is 5.97 Å². The molecule has 24 heavy (non-hydrogen) atoms. The number of carboxylic acid groups (broad SMARTS) is 1. The third-order valence-electron chi connectivity index (χ3n) is 3.32. The normalized spacial score (nSPS) is 12.3. The molecule has 0 bridgehead atoms. The van der Waals surface area contributed by atoms with Crippen LogP contribution < -0.4 is 14.2 Å². The molecule has 0 saturated carbocycles. The molecule has 122 valence electrons. The Labute approximate surface area is 137 Å². The second-order valence-corrected chi connectivity index (χ2v) is 4.99. The van der Waals surface area contributed by atoms with Crippen LogP contribution >= 0.6 is 0 Å². The van der Waals surface area contributed by atoms with Gasteiger partial charge in [-0.1, -0.05) is 24.3 Å². The summed E-state index contributed by atoms with van der Waals surface area (Å²) in [5.41, 5.74) is 1.15. The number of ketones is 1. The molecule has 0 spiro atoms. The van der Waals surface area contributed by atoms with E-state index in [2.05, 4.69) is 0 Å². The summed E-state index contributed by atoms with van der Waals surface area (Å²) >= 11 is 0. The molecule has 0 saturated heterocycles. The highest BCUT2D eigenvalue weighted by atomic mass is 16.7. The minimum Gasteiger partial charge on any atom is -0.482 e. The topological polar surface area (TPSA) is 82.1 Å². The van der Waals surface area contributed by atoms with E-state index >= 15 is 0 Å². The number of hydrogen-bond acceptors (Lipinski definition) is 5. The molecule has 1 N–H and O–H groups in total. The summed E-state index contributed by atoms with van der Waals surface area (Å²) in [4.78, 5) is 22.8. The molecular weight excluding hydrogens is 312 g/mol. The van der Waals surface area contributed by atoms with Gasteiger partial charge in [0, 0.05) is 11.1 Å². The zero-order valence-corrected chi connectivity index (χ0v) is 12.6. The van der Waals surface area contributed by atoms with E-state index in [1.807, 2.05) is 12.1 Å². The number of carbonyl (C=O) groups is 2. The van der Waals surface area contributed by atoms with E-state index in [9.17, 15) is 9.59 Å². The number of fused-ring (bicyclic) bond motifs is 1. The number of allylic oxidation sites excluding steroid dienone is 1. The quantitative estimate of drug-likeness (QED) is 0.649. The van der Waals surface area contributed by atoms with Crippen molar-refractivity contribution in [2.75, 3.05) is 13.4 Å². The molecule has 2 aromatic carbocycles. The maximum absolute atomic E-state index is 12.3. The SMILES string of the molecule is O=C(O)COc1cccc(C(=O)/C=C/c2cccc3c2OCO3)c1. The maximum Gasteiger partial charge on any atom is 0.341 e. The third-order valence-corrected chi connectivity index (χ3v) is 3.32. The van der Waals surface area contributed by atoms with Crippen molar-refractivity contribution in [3.63, 3.8) is 0 Å². The highest BCUT2D eigenvalue weighted by molar-refractivity contribution is 6.07. The van der Waals surface area contributed by atoms with Gasteiger partial charge in [0.05, 0.1) is 0 Å². The third kappa shape index (κ3) is 3.55. The molecule has 0 unspecified atom stereocenters. The predicted molar refractivity (Wildman–Crippen MR) is 85.5 cm³/mol. The van der Waals surface area contributed by atoms with Crippen LogP contribution in [-0.4, -0.2) is 30.3 Å². The first-order valence-corrected chi connectivity index (χ1v) is 7.19. The van der Waals surface area contributed by atoms with Crippen molar-refractivity contribution in [1.29, 1.82) is 0 Å². The lowest BCUT2D eigenvalue weighted by Crippen LogP contribution is -2.09. The average molecular weight is 326 g/mol. The fourth-order valence-electron chi connectivity index (χ4n) is 2.23. The molecule has 0 amide bonds. The predicted octanol–water partition coefficient (Wildman–Crippen LogP) is 2.77. The summed E-state index contributed by atoms with van der Waals surface area (Å²) in [6.45, 7) is -0.294. The largest absolute Gasteiger partial charge is 0.482 e. The van der Waals surface area contributed by atoms with Crippen molar-refractivity contribution in [2.45, 2.75) is 0 Å². The van der Waals surface area contributed by atoms with E-state index in [4.69, 9.17) is 19.3 Å². The Morgan fingerprint density at radius 1 is 1.17 bits per heavy atom. The van der Waals surface area contributed by atoms with Gasteiger partial charge < -0.3 is 19.3 Å². The Bertz CT molecular complexity index is 809. The maximum atomic E-state index is 12.3. The van der Waals surface area contributed by atoms with Crippen LogP contribution in [0.1, 0.15) is 15.9 Å². The van der Waals surface area contributed by atoms with Gasteiger partial charge in [-0.05, 0) is 30.4 Å². The molecule has 1 heterocycles. The Kier molecular flexibility index (Phi) is 4.47. The van der Waals surface area contributed by atoms with Crippen LogP contribution in [0.25, 0.3) is 6.08 Å². The van der Waals surface area contributed by atoms with Crippen molar-refractivity contribution in [1.82, 2.24) is 0 Å². The van der Waals surface area contributed by atoms with Gasteiger partial charge in [0.15, 0.2) is 23.9 Å². The number of hydrogen-bond donors (Lipinski definition) is 1. The summed E-state index contributed by atoms with van der Waals surface area (Å²) in [7, 11) is 0. The summed E-state index contributed by atoms with van der Waals surface area (Å²) < 4.78 is 15.7. The average Bonchev–Trinajstić information content (AvgIpc) is 3.07. The zero-order valence-electron chi connectivity index (χ0n) is 12.6. The van der Waals surface area contributed by atoms with Gasteiger partial charge in [0.2, 0.25) is 6.79 Å². The van der Waals surface area contributed by atoms with Crippen LogP contribution in [0.2, 0.25) is 0 Å². The van der Waals surface area contributed by atoms with Gasteiger partial charge in [-0.2, -0.15) is 0 Å². The Morgan fingerprint density at radius 2 is 2.00 bits per heavy atom. The molecule has 0 atom stereocenters. The second kappa shape index (κ2) is 6.87. The number of ether oxygens (including phenoxy) is 3. The molecule has 3 rings (SSSR count). The standard InChI is InChI=1S/C18H14O6/c19-15(13-4-1-5-14(9-13)22-10-17(20)21)8-7-12-3-2-6-16-18(12)24-11-23-16/h1-9H,10-11H2,(H,20,21)/b8-7+. The summed E-state index contributed by atoms with van der Waals surface area (Å²) in [6, 6.07) is 11.8. The van der Waals surface area contributed by atoms with Gasteiger partial charge in [-0.25, -0.2) is 4.79 Å². The molecule has 0 aliphatic carbocycles. The summed E-state index contributed by atoms with van der Waals surface area (Å²) in [6.07, 6.45) is 3.08. The highest BCUT2D eigenvalue weighted by Gasteiger charge is 2.15. The molecule has 1 aliphatic rings. The molecule has 1 aliphatic heterocycles. The highest BCUT2D eigenvalue weighted by Crippen LogP contribution is 2.35. The molecule has 0 fully saturated rings. The lowest BCUT2D eigenvalue weighted by molar-refractivity contribution is -0.139. The van der Waals surface area contributed by atoms with E-state index in [0.717, 1.165) is 5.56 Å². The van der Waals surface area contributed by atoms with Gasteiger partial charge in [0.1, 0.15) is 5.75 Å². The molecule has 6 heteroatoms. The van der Waals surface area contributed by atoms with E-state index in [1.165, 1.54) is 12.1 Å². The number of para-hydroxylation sites is 1. The van der Waals surface area contributed by atoms with Gasteiger partial charge in [-0.3, -0.25) is 4.79 Å². The van der Waals surface area contributed by atoms with Crippen molar-refractivity contribution in [2.24, 2.45) is 0 Å². The molecular formula is C18H14O6. The van der Waals surface area contributed by atoms with Crippen LogP contribution in [0.3, 0.4) is 0 Å². The lowest BCUT2D eigenvalue weighted by atomic mass is 10.1. The first-order chi connectivity index (χ1) is 11.6. The fourth-order valence-corrected chi connectivity index (χ4v) is 2.23. The van der Waals surface area contributed by atoms with Crippen LogP contribution in [0.4, 0.5) is 0 Å². The Balaban J connectivity index is 1.74. The Hall–Kier alpha value is -3.28. The van der Waals surface area contributed by atoms with Crippen LogP contribution in [0.15, 0.2) is 48.5 Å². The van der Waals surface area contributed by atoms with Gasteiger partial charge in [-0.15, -0.1) is 0 Å². The minimum atomic E-state index is -1.08. The van der Waals surface area contributed by atoms with E-state index in [-0.39, 0.29) is 12.6 Å². The van der Waals surface area contributed by atoms with E-state index < -0.39 is 12.6 Å². The first-order valence-electron chi connectivity index (χ1n) is 7.19. The minimum absolute atomic E-state index is 0.164. The van der Waals surface area contributed by atoms with Crippen molar-refractivity contribution >= 4 is 17.8 Å². The number of aliphatic carboxylic acids is 1.